The summed E-state index contributed by atoms with van der Waals surface area (Å²) in [5.74, 6) is 0.657. The van der Waals surface area contributed by atoms with Crippen LogP contribution in [-0.4, -0.2) is 14.5 Å². The van der Waals surface area contributed by atoms with E-state index in [9.17, 15) is 0 Å². The molecule has 0 saturated heterocycles. The van der Waals surface area contributed by atoms with E-state index in [-0.39, 0.29) is 0 Å². The molecule has 2 spiro atoms. The lowest BCUT2D eigenvalue weighted by atomic mass is 9.52. The van der Waals surface area contributed by atoms with Crippen molar-refractivity contribution in [3.63, 3.8) is 0 Å². The fourth-order valence-electron chi connectivity index (χ4n) is 12.7. The molecular weight excluding hydrogens is 787 g/mol. The molecule has 0 aliphatic heterocycles. The molecule has 0 saturated carbocycles. The predicted octanol–water partition coefficient (Wildman–Crippen LogP) is 14.6. The summed E-state index contributed by atoms with van der Waals surface area (Å²) in [4.78, 5) is 11.0. The number of hydrogen-bond acceptors (Lipinski definition) is 2. The van der Waals surface area contributed by atoms with Gasteiger partial charge in [-0.1, -0.05) is 200 Å². The average molecular weight is 824 g/mol. The fourth-order valence-corrected chi connectivity index (χ4v) is 12.7. The highest BCUT2D eigenvalue weighted by atomic mass is 15.2. The monoisotopic (exact) mass is 823 g/mol. The van der Waals surface area contributed by atoms with Gasteiger partial charge in [0.2, 0.25) is 5.95 Å². The van der Waals surface area contributed by atoms with Crippen LogP contribution in [0.25, 0.3) is 82.9 Å². The van der Waals surface area contributed by atoms with Gasteiger partial charge in [-0.3, -0.25) is 4.57 Å². The summed E-state index contributed by atoms with van der Waals surface area (Å²) >= 11 is 0. The molecule has 15 rings (SSSR count). The molecule has 300 valence electrons. The van der Waals surface area contributed by atoms with Crippen LogP contribution < -0.4 is 0 Å². The van der Waals surface area contributed by atoms with E-state index < -0.39 is 10.8 Å². The molecule has 3 aliphatic rings. The first-order chi connectivity index (χ1) is 32.3. The quantitative estimate of drug-likeness (QED) is 0.174. The van der Waals surface area contributed by atoms with E-state index in [0.29, 0.717) is 5.95 Å². The van der Waals surface area contributed by atoms with Crippen molar-refractivity contribution in [1.82, 2.24) is 14.5 Å². The first-order valence-corrected chi connectivity index (χ1v) is 22.6. The lowest BCUT2D eigenvalue weighted by molar-refractivity contribution is 0.633. The lowest BCUT2D eigenvalue weighted by Gasteiger charge is -2.48. The Balaban J connectivity index is 1.11. The Hall–Kier alpha value is -8.40. The van der Waals surface area contributed by atoms with Crippen LogP contribution in [0, 0.1) is 0 Å². The Bertz CT molecular complexity index is 3930. The molecule has 0 atom stereocenters. The van der Waals surface area contributed by atoms with Gasteiger partial charge in [-0.2, -0.15) is 0 Å². The van der Waals surface area contributed by atoms with Crippen molar-refractivity contribution in [2.45, 2.75) is 10.8 Å². The molecule has 0 radical (unpaired) electrons. The number of para-hydroxylation sites is 1. The maximum Gasteiger partial charge on any atom is 0.235 e. The van der Waals surface area contributed by atoms with Crippen molar-refractivity contribution in [2.75, 3.05) is 0 Å². The zero-order chi connectivity index (χ0) is 42.4. The fraction of sp³-hybridized carbons (Fsp3) is 0.0323. The highest BCUT2D eigenvalue weighted by Crippen LogP contribution is 2.67. The summed E-state index contributed by atoms with van der Waals surface area (Å²) < 4.78 is 2.35. The van der Waals surface area contributed by atoms with Gasteiger partial charge in [-0.25, -0.2) is 9.97 Å². The molecule has 0 unspecified atom stereocenters. The van der Waals surface area contributed by atoms with Crippen LogP contribution in [0.1, 0.15) is 44.5 Å². The maximum atomic E-state index is 5.55. The Morgan fingerprint density at radius 3 is 1.45 bits per heavy atom. The Morgan fingerprint density at radius 2 is 0.815 bits per heavy atom. The highest BCUT2D eigenvalue weighted by Gasteiger charge is 2.59. The predicted molar refractivity (Wildman–Crippen MR) is 265 cm³/mol. The van der Waals surface area contributed by atoms with Crippen LogP contribution in [-0.2, 0) is 10.8 Å². The van der Waals surface area contributed by atoms with Crippen molar-refractivity contribution >= 4 is 43.5 Å². The Morgan fingerprint density at radius 1 is 0.323 bits per heavy atom. The molecule has 0 bridgehead atoms. The molecule has 10 aromatic carbocycles. The smallest absolute Gasteiger partial charge is 0.235 e. The third kappa shape index (κ3) is 4.26. The molecule has 65 heavy (non-hydrogen) atoms. The third-order valence-corrected chi connectivity index (χ3v) is 15.1. The minimum absolute atomic E-state index is 0.506. The van der Waals surface area contributed by atoms with Crippen molar-refractivity contribution in [3.05, 3.63) is 269 Å². The van der Waals surface area contributed by atoms with Crippen LogP contribution in [0.5, 0.6) is 0 Å². The second-order valence-electron chi connectivity index (χ2n) is 17.9. The van der Waals surface area contributed by atoms with Gasteiger partial charge in [0.25, 0.3) is 0 Å². The van der Waals surface area contributed by atoms with Gasteiger partial charge in [-0.05, 0) is 102 Å². The van der Waals surface area contributed by atoms with Crippen LogP contribution in [0.15, 0.2) is 224 Å². The van der Waals surface area contributed by atoms with Crippen molar-refractivity contribution in [3.8, 4) is 39.5 Å². The lowest BCUT2D eigenvalue weighted by Crippen LogP contribution is -2.43. The van der Waals surface area contributed by atoms with Gasteiger partial charge >= 0.3 is 0 Å². The van der Waals surface area contributed by atoms with E-state index in [1.165, 1.54) is 88.3 Å². The number of aromatic nitrogens is 3. The number of nitrogens with zero attached hydrogens (tertiary/aromatic N) is 3. The summed E-state index contributed by atoms with van der Waals surface area (Å²) in [6.07, 6.45) is 0. The van der Waals surface area contributed by atoms with Crippen molar-refractivity contribution in [2.24, 2.45) is 0 Å². The van der Waals surface area contributed by atoms with Crippen molar-refractivity contribution in [1.29, 1.82) is 0 Å². The number of benzene rings is 10. The van der Waals surface area contributed by atoms with E-state index in [4.69, 9.17) is 9.97 Å². The van der Waals surface area contributed by atoms with Crippen LogP contribution in [0.2, 0.25) is 0 Å². The van der Waals surface area contributed by atoms with E-state index in [0.717, 1.165) is 33.2 Å². The molecule has 2 aromatic heterocycles. The van der Waals surface area contributed by atoms with Gasteiger partial charge in [0.1, 0.15) is 0 Å². The molecular formula is C62H37N3. The summed E-state index contributed by atoms with van der Waals surface area (Å²) in [6.45, 7) is 0. The second-order valence-corrected chi connectivity index (χ2v) is 17.9. The number of rotatable bonds is 2. The molecule has 3 heteroatoms. The summed E-state index contributed by atoms with van der Waals surface area (Å²) in [5, 5.41) is 5.85. The van der Waals surface area contributed by atoms with Crippen LogP contribution in [0.3, 0.4) is 0 Å². The summed E-state index contributed by atoms with van der Waals surface area (Å²) in [6, 6.07) is 83.4. The topological polar surface area (TPSA) is 30.7 Å². The van der Waals surface area contributed by atoms with Gasteiger partial charge in [0, 0.05) is 21.7 Å². The third-order valence-electron chi connectivity index (χ3n) is 15.1. The molecule has 0 amide bonds. The largest absolute Gasteiger partial charge is 0.278 e. The minimum atomic E-state index is -0.631. The molecule has 2 heterocycles. The molecule has 12 aromatic rings. The van der Waals surface area contributed by atoms with Gasteiger partial charge in [-0.15, -0.1) is 0 Å². The van der Waals surface area contributed by atoms with Gasteiger partial charge in [0.05, 0.1) is 33.1 Å². The van der Waals surface area contributed by atoms with Crippen molar-refractivity contribution < 1.29 is 0 Å². The van der Waals surface area contributed by atoms with Crippen LogP contribution in [0.4, 0.5) is 0 Å². The molecule has 0 N–H and O–H groups in total. The SMILES string of the molecule is c1ccc(-c2nc(-n3c4cc5c(cc4c4c6ccccc6ccc43)-c3ccccc3C53c4ccccc4C4(c5ccccc5-c5ccccc54)c4ccccc43)nc3ccccc23)cc1. The summed E-state index contributed by atoms with van der Waals surface area (Å²) in [7, 11) is 0. The van der Waals surface area contributed by atoms with E-state index in [1.807, 2.05) is 0 Å². The zero-order valence-electron chi connectivity index (χ0n) is 35.2. The maximum absolute atomic E-state index is 5.55. The first kappa shape index (κ1) is 35.1. The number of fused-ring (bicyclic) bond motifs is 22. The normalized spacial score (nSPS) is 14.4. The average Bonchev–Trinajstić information content (AvgIpc) is 3.97. The molecule has 0 fully saturated rings. The van der Waals surface area contributed by atoms with Gasteiger partial charge < -0.3 is 0 Å². The van der Waals surface area contributed by atoms with E-state index in [1.54, 1.807) is 0 Å². The first-order valence-electron chi connectivity index (χ1n) is 22.6. The molecule has 3 aliphatic carbocycles. The minimum Gasteiger partial charge on any atom is -0.278 e. The highest BCUT2D eigenvalue weighted by molar-refractivity contribution is 6.22. The Labute approximate surface area is 375 Å². The molecule has 3 nitrogen and oxygen atoms in total. The van der Waals surface area contributed by atoms with Gasteiger partial charge in [0.15, 0.2) is 0 Å². The standard InChI is InChI=1S/C62H37N3/c1-2-19-39(20-3-1)59-44-25-9-17-33-55(44)63-60(64-59)65-56-35-34-38-18-4-5-21-40(38)58(56)46-36-45-43-24-8-12-28-49(43)62(54(45)37-57(46)65)52-31-15-13-29-50(52)61(51-30-14-16-32-53(51)62)47-26-10-6-22-41(47)42-23-7-11-27-48(42)61/h1-37H. The summed E-state index contributed by atoms with van der Waals surface area (Å²) in [5.41, 5.74) is 19.6. The zero-order valence-corrected chi connectivity index (χ0v) is 35.2. The van der Waals surface area contributed by atoms with E-state index >= 15 is 0 Å². The Kier molecular flexibility index (Phi) is 6.82. The second kappa shape index (κ2) is 12.6. The van der Waals surface area contributed by atoms with E-state index in [2.05, 4.69) is 229 Å². The number of hydrogen-bond donors (Lipinski definition) is 0. The van der Waals surface area contributed by atoms with Crippen LogP contribution >= 0.6 is 0 Å².